The summed E-state index contributed by atoms with van der Waals surface area (Å²) in [5.74, 6) is 3.16. The largest absolute Gasteiger partial charge is 0.373 e. The maximum Gasteiger partial charge on any atom is 0.227 e. The summed E-state index contributed by atoms with van der Waals surface area (Å²) in [6, 6.07) is 6.04. The Bertz CT molecular complexity index is 890. The lowest BCUT2D eigenvalue weighted by molar-refractivity contribution is 0.471. The molecule has 4 heterocycles. The van der Waals surface area contributed by atoms with E-state index in [2.05, 4.69) is 47.0 Å². The molecule has 1 saturated heterocycles. The topological polar surface area (TPSA) is 71.8 Å². The predicted octanol–water partition coefficient (Wildman–Crippen LogP) is 2.85. The maximum atomic E-state index is 4.68. The summed E-state index contributed by atoms with van der Waals surface area (Å²) in [4.78, 5) is 20.5. The lowest BCUT2D eigenvalue weighted by Crippen LogP contribution is -2.36. The molecule has 1 unspecified atom stereocenters. The van der Waals surface area contributed by atoms with Crippen molar-refractivity contribution in [2.45, 2.75) is 32.2 Å². The Labute approximate surface area is 159 Å². The summed E-state index contributed by atoms with van der Waals surface area (Å²) >= 11 is 0. The minimum absolute atomic E-state index is 0.368. The van der Waals surface area contributed by atoms with E-state index in [1.165, 1.54) is 5.56 Å². The normalized spacial score (nSPS) is 17.1. The van der Waals surface area contributed by atoms with Crippen LogP contribution in [0.1, 0.15) is 35.8 Å². The van der Waals surface area contributed by atoms with Crippen molar-refractivity contribution in [2.75, 3.05) is 30.4 Å². The first-order valence-corrected chi connectivity index (χ1v) is 9.41. The van der Waals surface area contributed by atoms with Crippen molar-refractivity contribution in [3.63, 3.8) is 0 Å². The van der Waals surface area contributed by atoms with Crippen LogP contribution in [0.4, 0.5) is 11.8 Å². The van der Waals surface area contributed by atoms with Gasteiger partial charge in [-0.15, -0.1) is 0 Å². The average molecular weight is 363 g/mol. The van der Waals surface area contributed by atoms with Crippen LogP contribution in [0.3, 0.4) is 0 Å². The molecule has 0 aromatic carbocycles. The minimum atomic E-state index is 0.368. The highest BCUT2D eigenvalue weighted by atomic mass is 15.3. The molecule has 0 spiro atoms. The molecule has 1 aliphatic heterocycles. The third-order valence-corrected chi connectivity index (χ3v) is 4.99. The van der Waals surface area contributed by atoms with Crippen LogP contribution in [0.2, 0.25) is 0 Å². The monoisotopic (exact) mass is 363 g/mol. The molecule has 4 rings (SSSR count). The first-order chi connectivity index (χ1) is 13.2. The second kappa shape index (κ2) is 7.73. The number of imidazole rings is 1. The Balaban J connectivity index is 1.54. The smallest absolute Gasteiger partial charge is 0.227 e. The minimum Gasteiger partial charge on any atom is -0.373 e. The SMILES string of the molecule is CNc1cc(C)nc(N2CCCC(c3nccn3Cc3cccnc3)C2)n1. The molecular weight excluding hydrogens is 338 g/mol. The Morgan fingerprint density at radius 2 is 2.19 bits per heavy atom. The number of hydrogen-bond donors (Lipinski definition) is 1. The first kappa shape index (κ1) is 17.5. The van der Waals surface area contributed by atoms with Gasteiger partial charge in [-0.3, -0.25) is 4.98 Å². The van der Waals surface area contributed by atoms with Gasteiger partial charge in [0, 0.05) is 62.6 Å². The molecule has 1 N–H and O–H groups in total. The fourth-order valence-corrected chi connectivity index (χ4v) is 3.69. The van der Waals surface area contributed by atoms with Crippen molar-refractivity contribution in [3.05, 3.63) is 60.1 Å². The van der Waals surface area contributed by atoms with E-state index in [1.54, 1.807) is 6.20 Å². The highest BCUT2D eigenvalue weighted by Crippen LogP contribution is 2.28. The van der Waals surface area contributed by atoms with Gasteiger partial charge in [0.2, 0.25) is 5.95 Å². The lowest BCUT2D eigenvalue weighted by atomic mass is 9.97. The molecule has 3 aromatic heterocycles. The zero-order chi connectivity index (χ0) is 18.6. The lowest BCUT2D eigenvalue weighted by Gasteiger charge is -2.33. The number of nitrogens with one attached hydrogen (secondary N) is 1. The maximum absolute atomic E-state index is 4.68. The van der Waals surface area contributed by atoms with Crippen LogP contribution in [0.5, 0.6) is 0 Å². The number of hydrogen-bond acceptors (Lipinski definition) is 6. The van der Waals surface area contributed by atoms with Crippen molar-refractivity contribution in [1.82, 2.24) is 24.5 Å². The van der Waals surface area contributed by atoms with E-state index in [0.29, 0.717) is 5.92 Å². The molecule has 7 nitrogen and oxygen atoms in total. The van der Waals surface area contributed by atoms with Crippen molar-refractivity contribution in [2.24, 2.45) is 0 Å². The van der Waals surface area contributed by atoms with Gasteiger partial charge in [-0.1, -0.05) is 6.07 Å². The molecule has 0 bridgehead atoms. The molecule has 27 heavy (non-hydrogen) atoms. The number of anilines is 2. The van der Waals surface area contributed by atoms with Crippen LogP contribution >= 0.6 is 0 Å². The number of nitrogens with zero attached hydrogens (tertiary/aromatic N) is 6. The second-order valence-corrected chi connectivity index (χ2v) is 7.00. The average Bonchev–Trinajstić information content (AvgIpc) is 3.16. The van der Waals surface area contributed by atoms with Gasteiger partial charge in [0.05, 0.1) is 6.54 Å². The van der Waals surface area contributed by atoms with E-state index < -0.39 is 0 Å². The summed E-state index contributed by atoms with van der Waals surface area (Å²) in [5, 5.41) is 3.12. The van der Waals surface area contributed by atoms with Crippen LogP contribution in [-0.2, 0) is 6.54 Å². The van der Waals surface area contributed by atoms with E-state index in [1.807, 2.05) is 38.5 Å². The first-order valence-electron chi connectivity index (χ1n) is 9.41. The van der Waals surface area contributed by atoms with Crippen molar-refractivity contribution in [3.8, 4) is 0 Å². The Hall–Kier alpha value is -2.96. The third kappa shape index (κ3) is 3.92. The van der Waals surface area contributed by atoms with Gasteiger partial charge in [-0.25, -0.2) is 9.97 Å². The molecule has 1 fully saturated rings. The number of aromatic nitrogens is 5. The zero-order valence-corrected chi connectivity index (χ0v) is 15.8. The zero-order valence-electron chi connectivity index (χ0n) is 15.8. The third-order valence-electron chi connectivity index (χ3n) is 4.99. The van der Waals surface area contributed by atoms with E-state index in [0.717, 1.165) is 55.8 Å². The second-order valence-electron chi connectivity index (χ2n) is 7.00. The van der Waals surface area contributed by atoms with Crippen molar-refractivity contribution in [1.29, 1.82) is 0 Å². The fraction of sp³-hybridized carbons (Fsp3) is 0.400. The van der Waals surface area contributed by atoms with Crippen molar-refractivity contribution < 1.29 is 0 Å². The van der Waals surface area contributed by atoms with Crippen molar-refractivity contribution >= 4 is 11.8 Å². The van der Waals surface area contributed by atoms with Gasteiger partial charge in [0.15, 0.2) is 0 Å². The van der Waals surface area contributed by atoms with E-state index in [9.17, 15) is 0 Å². The molecule has 140 valence electrons. The van der Waals surface area contributed by atoms with Crippen LogP contribution in [0.15, 0.2) is 43.0 Å². The molecule has 0 amide bonds. The van der Waals surface area contributed by atoms with Crippen LogP contribution < -0.4 is 10.2 Å². The van der Waals surface area contributed by atoms with Gasteiger partial charge >= 0.3 is 0 Å². The summed E-state index contributed by atoms with van der Waals surface area (Å²) in [6.45, 7) is 4.67. The standard InChI is InChI=1S/C20H25N7/c1-15-11-18(21-2)25-20(24-15)27-9-4-6-17(14-27)19-23-8-10-26(19)13-16-5-3-7-22-12-16/h3,5,7-8,10-12,17H,4,6,9,13-14H2,1-2H3,(H,21,24,25). The molecule has 1 atom stereocenters. The number of rotatable bonds is 5. The highest BCUT2D eigenvalue weighted by Gasteiger charge is 2.26. The molecule has 0 saturated carbocycles. The number of aryl methyl sites for hydroxylation is 1. The Morgan fingerprint density at radius 3 is 3.00 bits per heavy atom. The molecule has 0 radical (unpaired) electrons. The quantitative estimate of drug-likeness (QED) is 0.752. The summed E-state index contributed by atoms with van der Waals surface area (Å²) in [7, 11) is 1.89. The van der Waals surface area contributed by atoms with E-state index in [4.69, 9.17) is 0 Å². The fourth-order valence-electron chi connectivity index (χ4n) is 3.69. The predicted molar refractivity (Wildman–Crippen MR) is 106 cm³/mol. The number of pyridine rings is 1. The van der Waals surface area contributed by atoms with Crippen LogP contribution in [0, 0.1) is 6.92 Å². The Morgan fingerprint density at radius 1 is 1.26 bits per heavy atom. The molecule has 3 aromatic rings. The van der Waals surface area contributed by atoms with E-state index in [-0.39, 0.29) is 0 Å². The summed E-state index contributed by atoms with van der Waals surface area (Å²) < 4.78 is 2.24. The van der Waals surface area contributed by atoms with Crippen LogP contribution in [0.25, 0.3) is 0 Å². The summed E-state index contributed by atoms with van der Waals surface area (Å²) in [5.41, 5.74) is 2.16. The Kier molecular flexibility index (Phi) is 5.00. The van der Waals surface area contributed by atoms with Gasteiger partial charge in [0.1, 0.15) is 11.6 Å². The molecule has 0 aliphatic carbocycles. The molecule has 7 heteroatoms. The highest BCUT2D eigenvalue weighted by molar-refractivity contribution is 5.43. The van der Waals surface area contributed by atoms with Gasteiger partial charge in [0.25, 0.3) is 0 Å². The molecule has 1 aliphatic rings. The summed E-state index contributed by atoms with van der Waals surface area (Å²) in [6.07, 6.45) is 9.91. The number of piperidine rings is 1. The van der Waals surface area contributed by atoms with Crippen LogP contribution in [-0.4, -0.2) is 44.6 Å². The van der Waals surface area contributed by atoms with Gasteiger partial charge < -0.3 is 14.8 Å². The van der Waals surface area contributed by atoms with Gasteiger partial charge in [-0.05, 0) is 31.4 Å². The molecular formula is C20H25N7. The van der Waals surface area contributed by atoms with E-state index >= 15 is 0 Å². The van der Waals surface area contributed by atoms with Gasteiger partial charge in [-0.2, -0.15) is 4.98 Å².